The molecule has 5 nitrogen and oxygen atoms in total. The second-order valence-electron chi connectivity index (χ2n) is 7.25. The summed E-state index contributed by atoms with van der Waals surface area (Å²) >= 11 is 5.94. The Hall–Kier alpha value is -3.31. The molecule has 0 fully saturated rings. The second-order valence-corrected chi connectivity index (χ2v) is 7.69. The van der Waals surface area contributed by atoms with E-state index < -0.39 is 0 Å². The van der Waals surface area contributed by atoms with Gasteiger partial charge in [0, 0.05) is 24.0 Å². The van der Waals surface area contributed by atoms with E-state index in [1.165, 1.54) is 5.56 Å². The Labute approximate surface area is 180 Å². The van der Waals surface area contributed by atoms with Crippen LogP contribution in [-0.4, -0.2) is 26.8 Å². The van der Waals surface area contributed by atoms with Crippen LogP contribution >= 0.6 is 11.6 Å². The van der Waals surface area contributed by atoms with Gasteiger partial charge < -0.3 is 9.88 Å². The minimum absolute atomic E-state index is 0.136. The summed E-state index contributed by atoms with van der Waals surface area (Å²) in [5, 5.41) is 8.43. The molecule has 0 bridgehead atoms. The van der Waals surface area contributed by atoms with Gasteiger partial charge in [0.1, 0.15) is 5.56 Å². The average molecular weight is 419 g/mol. The van der Waals surface area contributed by atoms with E-state index >= 15 is 0 Å². The van der Waals surface area contributed by atoms with Crippen molar-refractivity contribution in [3.63, 3.8) is 0 Å². The lowest BCUT2D eigenvalue weighted by Crippen LogP contribution is -2.27. The fourth-order valence-corrected chi connectivity index (χ4v) is 3.55. The number of benzene rings is 2. The summed E-state index contributed by atoms with van der Waals surface area (Å²) in [5.74, 6) is 0.592. The summed E-state index contributed by atoms with van der Waals surface area (Å²) in [4.78, 5) is 13.1. The predicted molar refractivity (Wildman–Crippen MR) is 120 cm³/mol. The van der Waals surface area contributed by atoms with Crippen molar-refractivity contribution in [1.82, 2.24) is 19.7 Å². The lowest BCUT2D eigenvalue weighted by molar-refractivity contribution is 0.0953. The van der Waals surface area contributed by atoms with Crippen molar-refractivity contribution in [1.29, 1.82) is 0 Å². The Bertz CT molecular complexity index is 1140. The predicted octanol–water partition coefficient (Wildman–Crippen LogP) is 4.91. The van der Waals surface area contributed by atoms with E-state index in [4.69, 9.17) is 11.6 Å². The molecule has 0 atom stereocenters. The van der Waals surface area contributed by atoms with Crippen molar-refractivity contribution in [2.75, 3.05) is 6.54 Å². The molecular formula is C24H23ClN4O. The Morgan fingerprint density at radius 1 is 1.00 bits per heavy atom. The zero-order chi connectivity index (χ0) is 21.1. The molecule has 152 valence electrons. The quantitative estimate of drug-likeness (QED) is 0.484. The van der Waals surface area contributed by atoms with Gasteiger partial charge in [0.15, 0.2) is 5.82 Å². The van der Waals surface area contributed by atoms with Gasteiger partial charge in [-0.25, -0.2) is 4.68 Å². The Morgan fingerprint density at radius 3 is 2.33 bits per heavy atom. The number of carbonyl (C=O) groups is 1. The number of nitrogens with zero attached hydrogens (tertiary/aromatic N) is 3. The molecule has 2 aromatic carbocycles. The minimum atomic E-state index is -0.136. The Balaban J connectivity index is 1.62. The highest BCUT2D eigenvalue weighted by Crippen LogP contribution is 2.23. The van der Waals surface area contributed by atoms with Crippen LogP contribution in [-0.2, 0) is 6.42 Å². The summed E-state index contributed by atoms with van der Waals surface area (Å²) in [6, 6.07) is 19.6. The maximum absolute atomic E-state index is 13.1. The first-order chi connectivity index (χ1) is 14.5. The number of nitrogens with one attached hydrogen (secondary N) is 1. The van der Waals surface area contributed by atoms with Crippen LogP contribution in [0.4, 0.5) is 0 Å². The number of carbonyl (C=O) groups excluding carboxylic acids is 1. The number of hydrogen-bond acceptors (Lipinski definition) is 2. The van der Waals surface area contributed by atoms with Crippen LogP contribution in [0.15, 0.2) is 73.1 Å². The van der Waals surface area contributed by atoms with Gasteiger partial charge in [-0.1, -0.05) is 41.4 Å². The zero-order valence-electron chi connectivity index (χ0n) is 17.0. The van der Waals surface area contributed by atoms with Gasteiger partial charge in [0.05, 0.1) is 11.4 Å². The van der Waals surface area contributed by atoms with Crippen molar-refractivity contribution >= 4 is 17.5 Å². The molecule has 1 amide bonds. The number of halogens is 1. The lowest BCUT2D eigenvalue weighted by atomic mass is 10.1. The van der Waals surface area contributed by atoms with Crippen molar-refractivity contribution in [2.24, 2.45) is 0 Å². The van der Waals surface area contributed by atoms with Crippen LogP contribution in [0.25, 0.3) is 11.5 Å². The SMILES string of the molecule is Cc1ccc(-n2nc(C)c(C(=O)NCCc3ccc(Cl)cc3)c2-n2cccc2)cc1. The molecule has 4 aromatic rings. The summed E-state index contributed by atoms with van der Waals surface area (Å²) in [6.45, 7) is 4.44. The first-order valence-electron chi connectivity index (χ1n) is 9.85. The molecule has 0 aliphatic heterocycles. The number of aryl methyl sites for hydroxylation is 2. The van der Waals surface area contributed by atoms with Gasteiger partial charge >= 0.3 is 0 Å². The van der Waals surface area contributed by atoms with Gasteiger partial charge in [-0.15, -0.1) is 0 Å². The maximum Gasteiger partial charge on any atom is 0.257 e. The van der Waals surface area contributed by atoms with Crippen LogP contribution in [0.3, 0.4) is 0 Å². The smallest absolute Gasteiger partial charge is 0.257 e. The van der Waals surface area contributed by atoms with Crippen LogP contribution in [0.5, 0.6) is 0 Å². The summed E-state index contributed by atoms with van der Waals surface area (Å²) < 4.78 is 3.75. The topological polar surface area (TPSA) is 51.9 Å². The van der Waals surface area contributed by atoms with E-state index in [1.54, 1.807) is 0 Å². The molecule has 30 heavy (non-hydrogen) atoms. The molecule has 0 aliphatic carbocycles. The Morgan fingerprint density at radius 2 is 1.67 bits per heavy atom. The summed E-state index contributed by atoms with van der Waals surface area (Å²) in [6.07, 6.45) is 4.57. The van der Waals surface area contributed by atoms with Crippen LogP contribution in [0, 0.1) is 13.8 Å². The molecule has 0 radical (unpaired) electrons. The summed E-state index contributed by atoms with van der Waals surface area (Å²) in [7, 11) is 0. The highest BCUT2D eigenvalue weighted by molar-refractivity contribution is 6.30. The van der Waals surface area contributed by atoms with Crippen molar-refractivity contribution in [3.8, 4) is 11.5 Å². The van der Waals surface area contributed by atoms with E-state index in [1.807, 2.05) is 96.2 Å². The molecule has 0 aliphatic rings. The fraction of sp³-hybridized carbons (Fsp3) is 0.167. The largest absolute Gasteiger partial charge is 0.352 e. The number of aromatic nitrogens is 3. The van der Waals surface area contributed by atoms with E-state index in [0.29, 0.717) is 22.8 Å². The van der Waals surface area contributed by atoms with Gasteiger partial charge in [-0.2, -0.15) is 5.10 Å². The highest BCUT2D eigenvalue weighted by atomic mass is 35.5. The third kappa shape index (κ3) is 4.16. The van der Waals surface area contributed by atoms with E-state index in [2.05, 4.69) is 10.4 Å². The number of amides is 1. The third-order valence-electron chi connectivity index (χ3n) is 5.00. The van der Waals surface area contributed by atoms with Crippen molar-refractivity contribution in [2.45, 2.75) is 20.3 Å². The fourth-order valence-electron chi connectivity index (χ4n) is 3.42. The molecule has 4 rings (SSSR count). The third-order valence-corrected chi connectivity index (χ3v) is 5.26. The number of rotatable bonds is 6. The highest BCUT2D eigenvalue weighted by Gasteiger charge is 2.23. The van der Waals surface area contributed by atoms with E-state index in [9.17, 15) is 4.79 Å². The van der Waals surface area contributed by atoms with Gasteiger partial charge in [0.25, 0.3) is 5.91 Å². The van der Waals surface area contributed by atoms with E-state index in [-0.39, 0.29) is 5.91 Å². The lowest BCUT2D eigenvalue weighted by Gasteiger charge is -2.12. The van der Waals surface area contributed by atoms with Crippen LogP contribution in [0.1, 0.15) is 27.2 Å². The molecule has 0 saturated carbocycles. The maximum atomic E-state index is 13.1. The molecule has 1 N–H and O–H groups in total. The number of hydrogen-bond donors (Lipinski definition) is 1. The standard InChI is InChI=1S/C24H23ClN4O/c1-17-5-11-21(12-6-17)29-24(28-15-3-4-16-28)22(18(2)27-29)23(30)26-14-13-19-7-9-20(25)10-8-19/h3-12,15-16H,13-14H2,1-2H3,(H,26,30). The molecule has 6 heteroatoms. The molecule has 0 unspecified atom stereocenters. The minimum Gasteiger partial charge on any atom is -0.352 e. The molecular weight excluding hydrogens is 396 g/mol. The molecule has 0 spiro atoms. The van der Waals surface area contributed by atoms with Crippen LogP contribution in [0.2, 0.25) is 5.02 Å². The average Bonchev–Trinajstić information content (AvgIpc) is 3.37. The van der Waals surface area contributed by atoms with Gasteiger partial charge in [-0.05, 0) is 62.2 Å². The molecule has 2 heterocycles. The van der Waals surface area contributed by atoms with Crippen molar-refractivity contribution in [3.05, 3.63) is 100 Å². The van der Waals surface area contributed by atoms with Gasteiger partial charge in [0.2, 0.25) is 0 Å². The zero-order valence-corrected chi connectivity index (χ0v) is 17.7. The monoisotopic (exact) mass is 418 g/mol. The van der Waals surface area contributed by atoms with Crippen LogP contribution < -0.4 is 5.32 Å². The first-order valence-corrected chi connectivity index (χ1v) is 10.2. The Kier molecular flexibility index (Phi) is 5.72. The molecule has 0 saturated heterocycles. The van der Waals surface area contributed by atoms with Gasteiger partial charge in [-0.3, -0.25) is 4.79 Å². The molecule has 2 aromatic heterocycles. The summed E-state index contributed by atoms with van der Waals surface area (Å²) in [5.41, 5.74) is 4.46. The second kappa shape index (κ2) is 8.59. The van der Waals surface area contributed by atoms with Crippen molar-refractivity contribution < 1.29 is 4.79 Å². The normalized spacial score (nSPS) is 10.9. The van der Waals surface area contributed by atoms with E-state index in [0.717, 1.165) is 23.5 Å². The first kappa shape index (κ1) is 20.0.